The molecule has 3 nitrogen and oxygen atoms in total. The number of aliphatic imine (C=N–C) groups is 1. The monoisotopic (exact) mass is 337 g/mol. The van der Waals surface area contributed by atoms with Crippen LogP contribution in [0.5, 0.6) is 0 Å². The smallest absolute Gasteiger partial charge is 0.152 e. The fraction of sp³-hybridized carbons (Fsp3) is 0.318. The molecule has 1 aromatic carbocycles. The summed E-state index contributed by atoms with van der Waals surface area (Å²) >= 11 is 0. The molecule has 2 aliphatic heterocycles. The van der Waals surface area contributed by atoms with Crippen LogP contribution in [0, 0.1) is 0 Å². The van der Waals surface area contributed by atoms with E-state index in [0.29, 0.717) is 0 Å². The Morgan fingerprint density at radius 3 is 2.52 bits per heavy atom. The Morgan fingerprint density at radius 2 is 1.88 bits per heavy atom. The Balaban J connectivity index is 0.000000730. The highest BCUT2D eigenvalue weighted by Gasteiger charge is 2.23. The second kappa shape index (κ2) is 11.1. The molecule has 3 heteroatoms. The fourth-order valence-corrected chi connectivity index (χ4v) is 2.57. The molecule has 0 amide bonds. The maximum Gasteiger partial charge on any atom is 0.152 e. The molecule has 0 spiro atoms. The minimum atomic E-state index is 0.834. The molecule has 0 radical (unpaired) electrons. The highest BCUT2D eigenvalue weighted by molar-refractivity contribution is 5.72. The summed E-state index contributed by atoms with van der Waals surface area (Å²) < 4.78 is 0. The summed E-state index contributed by atoms with van der Waals surface area (Å²) in [6.45, 7) is 14.7. The molecular weight excluding hydrogens is 306 g/mol. The van der Waals surface area contributed by atoms with Gasteiger partial charge in [-0.15, -0.1) is 0 Å². The first-order valence-corrected chi connectivity index (χ1v) is 9.12. The van der Waals surface area contributed by atoms with Crippen molar-refractivity contribution in [2.24, 2.45) is 4.99 Å². The van der Waals surface area contributed by atoms with Crippen molar-refractivity contribution in [3.05, 3.63) is 77.9 Å². The fourth-order valence-electron chi connectivity index (χ4n) is 2.57. The molecule has 0 saturated carbocycles. The van der Waals surface area contributed by atoms with Gasteiger partial charge in [0.1, 0.15) is 0 Å². The molecule has 0 aliphatic carbocycles. The van der Waals surface area contributed by atoms with E-state index >= 15 is 0 Å². The van der Waals surface area contributed by atoms with Gasteiger partial charge in [0.25, 0.3) is 0 Å². The minimum absolute atomic E-state index is 0.834. The van der Waals surface area contributed by atoms with Crippen molar-refractivity contribution in [1.82, 2.24) is 10.2 Å². The van der Waals surface area contributed by atoms with Crippen LogP contribution in [0.15, 0.2) is 77.3 Å². The lowest BCUT2D eigenvalue weighted by Crippen LogP contribution is -2.27. The van der Waals surface area contributed by atoms with Crippen LogP contribution in [0.25, 0.3) is 5.70 Å². The zero-order chi connectivity index (χ0) is 18.7. The first kappa shape index (κ1) is 20.5. The molecule has 0 saturated heterocycles. The largest absolute Gasteiger partial charge is 0.354 e. The molecule has 0 atom stereocenters. The third-order valence-electron chi connectivity index (χ3n) is 3.55. The van der Waals surface area contributed by atoms with E-state index < -0.39 is 0 Å². The van der Waals surface area contributed by atoms with Crippen molar-refractivity contribution >= 4 is 11.9 Å². The molecule has 134 valence electrons. The number of hydrogen-bond donors (Lipinski definition) is 1. The van der Waals surface area contributed by atoms with Crippen molar-refractivity contribution in [2.45, 2.75) is 41.0 Å². The normalized spacial score (nSPS) is 15.2. The van der Waals surface area contributed by atoms with Gasteiger partial charge in [-0.25, -0.2) is 4.99 Å². The van der Waals surface area contributed by atoms with Crippen molar-refractivity contribution in [1.29, 1.82) is 0 Å². The first-order valence-electron chi connectivity index (χ1n) is 9.12. The molecule has 2 aliphatic rings. The zero-order valence-electron chi connectivity index (χ0n) is 16.2. The van der Waals surface area contributed by atoms with E-state index in [1.54, 1.807) is 0 Å². The predicted octanol–water partition coefficient (Wildman–Crippen LogP) is 5.72. The molecule has 2 heterocycles. The lowest BCUT2D eigenvalue weighted by molar-refractivity contribution is 0.525. The van der Waals surface area contributed by atoms with Gasteiger partial charge in [0.15, 0.2) is 5.82 Å². The number of allylic oxidation sites excluding steroid dienone is 3. The van der Waals surface area contributed by atoms with Crippen LogP contribution in [0.4, 0.5) is 0 Å². The van der Waals surface area contributed by atoms with E-state index in [2.05, 4.69) is 59.2 Å². The first-order chi connectivity index (χ1) is 12.3. The second-order valence-corrected chi connectivity index (χ2v) is 5.23. The minimum Gasteiger partial charge on any atom is -0.354 e. The Hall–Kier alpha value is -2.55. The van der Waals surface area contributed by atoms with Crippen LogP contribution >= 0.6 is 0 Å². The highest BCUT2D eigenvalue weighted by Crippen LogP contribution is 2.28. The third-order valence-corrected chi connectivity index (χ3v) is 3.55. The van der Waals surface area contributed by atoms with Crippen LogP contribution < -0.4 is 5.32 Å². The number of nitrogens with zero attached hydrogens (tertiary/aromatic N) is 2. The average molecular weight is 338 g/mol. The summed E-state index contributed by atoms with van der Waals surface area (Å²) in [6, 6.07) is 10.4. The second-order valence-electron chi connectivity index (χ2n) is 5.23. The van der Waals surface area contributed by atoms with Crippen LogP contribution in [0.3, 0.4) is 0 Å². The molecule has 1 N–H and O–H groups in total. The van der Waals surface area contributed by atoms with Gasteiger partial charge in [-0.2, -0.15) is 0 Å². The molecule has 25 heavy (non-hydrogen) atoms. The van der Waals surface area contributed by atoms with Gasteiger partial charge in [0, 0.05) is 18.8 Å². The third kappa shape index (κ3) is 5.49. The van der Waals surface area contributed by atoms with E-state index in [4.69, 9.17) is 0 Å². The molecule has 0 aromatic heterocycles. The maximum absolute atomic E-state index is 4.50. The van der Waals surface area contributed by atoms with E-state index in [-0.39, 0.29) is 0 Å². The lowest BCUT2D eigenvalue weighted by Gasteiger charge is -2.27. The maximum atomic E-state index is 4.50. The molecule has 1 aromatic rings. The highest BCUT2D eigenvalue weighted by atomic mass is 15.3. The van der Waals surface area contributed by atoms with E-state index in [0.717, 1.165) is 30.2 Å². The van der Waals surface area contributed by atoms with Gasteiger partial charge in [0.2, 0.25) is 0 Å². The summed E-state index contributed by atoms with van der Waals surface area (Å²) in [4.78, 5) is 6.69. The molecule has 0 bridgehead atoms. The van der Waals surface area contributed by atoms with Crippen LogP contribution in [0.1, 0.15) is 46.6 Å². The van der Waals surface area contributed by atoms with Gasteiger partial charge < -0.3 is 10.2 Å². The Morgan fingerprint density at radius 1 is 1.20 bits per heavy atom. The summed E-state index contributed by atoms with van der Waals surface area (Å²) in [5.41, 5.74) is 4.70. The number of benzene rings is 1. The summed E-state index contributed by atoms with van der Waals surface area (Å²) in [5, 5.41) is 3.54. The van der Waals surface area contributed by atoms with Crippen LogP contribution in [-0.2, 0) is 0 Å². The molecule has 3 rings (SSSR count). The Labute approximate surface area is 153 Å². The number of fused-ring (bicyclic) bond motifs is 1. The van der Waals surface area contributed by atoms with Crippen molar-refractivity contribution in [2.75, 3.05) is 6.54 Å². The topological polar surface area (TPSA) is 27.6 Å². The van der Waals surface area contributed by atoms with Gasteiger partial charge >= 0.3 is 0 Å². The summed E-state index contributed by atoms with van der Waals surface area (Å²) in [7, 11) is 0. The Kier molecular flexibility index (Phi) is 9.09. The molecular formula is C22H31N3. The van der Waals surface area contributed by atoms with Crippen molar-refractivity contribution in [3.63, 3.8) is 0 Å². The quantitative estimate of drug-likeness (QED) is 0.712. The zero-order valence-corrected chi connectivity index (χ0v) is 16.2. The number of hydrogen-bond acceptors (Lipinski definition) is 3. The van der Waals surface area contributed by atoms with E-state index in [1.807, 2.05) is 52.1 Å². The van der Waals surface area contributed by atoms with Gasteiger partial charge in [-0.3, -0.25) is 0 Å². The van der Waals surface area contributed by atoms with E-state index in [9.17, 15) is 0 Å². The SMILES string of the molecule is C=C/C=C(\C)CC1=C2N=CCN2C=C(c2ccccc2)N1.CC.CC. The average Bonchev–Trinajstić information content (AvgIpc) is 3.15. The van der Waals surface area contributed by atoms with Crippen molar-refractivity contribution in [3.8, 4) is 0 Å². The Bertz CT molecular complexity index is 664. The van der Waals surface area contributed by atoms with Gasteiger partial charge in [-0.05, 0) is 12.5 Å². The number of rotatable bonds is 4. The summed E-state index contributed by atoms with van der Waals surface area (Å²) in [5.74, 6) is 1.02. The summed E-state index contributed by atoms with van der Waals surface area (Å²) in [6.07, 6.45) is 8.80. The standard InChI is InChI=1S/C18H19N3.2C2H6/c1-3-7-14(2)12-16-18-19-10-11-21(18)13-17(20-16)15-8-5-4-6-9-15;2*1-2/h3-10,13,20H,1,11-12H2,2H3;2*1-2H3/b14-7+;;. The number of nitrogens with one attached hydrogen (secondary N) is 1. The van der Waals surface area contributed by atoms with Gasteiger partial charge in [-0.1, -0.05) is 82.3 Å². The van der Waals surface area contributed by atoms with Crippen molar-refractivity contribution < 1.29 is 0 Å². The van der Waals surface area contributed by atoms with E-state index in [1.165, 1.54) is 11.1 Å². The molecule has 0 unspecified atom stereocenters. The van der Waals surface area contributed by atoms with Crippen LogP contribution in [-0.4, -0.2) is 17.7 Å². The lowest BCUT2D eigenvalue weighted by atomic mass is 10.1. The van der Waals surface area contributed by atoms with Crippen LogP contribution in [0.2, 0.25) is 0 Å². The van der Waals surface area contributed by atoms with Gasteiger partial charge in [0.05, 0.1) is 17.9 Å². The predicted molar refractivity (Wildman–Crippen MR) is 111 cm³/mol. The molecule has 0 fully saturated rings.